The van der Waals surface area contributed by atoms with Crippen molar-refractivity contribution in [2.45, 2.75) is 37.1 Å². The molecule has 6 nitrogen and oxygen atoms in total. The predicted octanol–water partition coefficient (Wildman–Crippen LogP) is 2.71. The molecule has 0 aliphatic carbocycles. The monoisotopic (exact) mass is 294 g/mol. The lowest BCUT2D eigenvalue weighted by atomic mass is 10.1. The average Bonchev–Trinajstić information content (AvgIpc) is 2.48. The molecule has 20 heavy (non-hydrogen) atoms. The molecule has 0 aromatic heterocycles. The third-order valence-corrected chi connectivity index (χ3v) is 5.52. The second-order valence-electron chi connectivity index (χ2n) is 4.84. The minimum Gasteiger partial charge on any atom is -0.207 e. The summed E-state index contributed by atoms with van der Waals surface area (Å²) in [5, 5.41) is 3.65. The number of piperidine rings is 1. The van der Waals surface area contributed by atoms with Crippen LogP contribution in [0.4, 0.5) is 0 Å². The van der Waals surface area contributed by atoms with Gasteiger partial charge in [0.25, 0.3) is 0 Å². The number of aryl methyl sites for hydroxylation is 1. The lowest BCUT2D eigenvalue weighted by molar-refractivity contribution is 0.320. The van der Waals surface area contributed by atoms with Gasteiger partial charge < -0.3 is 0 Å². The summed E-state index contributed by atoms with van der Waals surface area (Å²) in [4.78, 5) is 3.11. The van der Waals surface area contributed by atoms with Gasteiger partial charge in [-0.3, -0.25) is 0 Å². The number of benzene rings is 1. The zero-order chi connectivity index (χ0) is 14.6. The third kappa shape index (κ3) is 3.12. The number of hydrogen-bond donors (Lipinski definition) is 0. The Morgan fingerprint density at radius 3 is 2.40 bits per heavy atom. The second-order valence-corrected chi connectivity index (χ2v) is 6.78. The van der Waals surface area contributed by atoms with Crippen LogP contribution in [0.15, 0.2) is 34.3 Å². The molecule has 1 saturated heterocycles. The molecule has 1 aliphatic rings. The van der Waals surface area contributed by atoms with Crippen LogP contribution >= 0.6 is 0 Å². The lowest BCUT2D eigenvalue weighted by Gasteiger charge is -2.29. The maximum Gasteiger partial charge on any atom is 0.243 e. The molecule has 0 saturated carbocycles. The smallest absolute Gasteiger partial charge is 0.207 e. The van der Waals surface area contributed by atoms with E-state index >= 15 is 0 Å². The number of sulfonamides is 1. The van der Waals surface area contributed by atoms with Gasteiger partial charge in [0.2, 0.25) is 10.0 Å². The van der Waals surface area contributed by atoms with Crippen LogP contribution in [0.1, 0.15) is 25.3 Å². The summed E-state index contributed by atoms with van der Waals surface area (Å²) in [7, 11) is -3.43. The fourth-order valence-electron chi connectivity index (χ4n) is 2.32. The summed E-state index contributed by atoms with van der Waals surface area (Å²) in [5.74, 6) is 0. The van der Waals surface area contributed by atoms with Gasteiger partial charge in [0, 0.05) is 24.0 Å². The van der Waals surface area contributed by atoms with Crippen molar-refractivity contribution in [2.75, 3.05) is 13.1 Å². The van der Waals surface area contributed by atoms with Crippen LogP contribution in [0.25, 0.3) is 10.4 Å². The van der Waals surface area contributed by atoms with E-state index in [2.05, 4.69) is 10.0 Å². The Kier molecular flexibility index (Phi) is 4.65. The van der Waals surface area contributed by atoms with Crippen molar-refractivity contribution in [3.8, 4) is 0 Å². The van der Waals surface area contributed by atoms with Crippen LogP contribution in [0, 0.1) is 0 Å². The van der Waals surface area contributed by atoms with E-state index < -0.39 is 10.0 Å². The van der Waals surface area contributed by atoms with Gasteiger partial charge in [0.15, 0.2) is 0 Å². The number of rotatable bonds is 4. The van der Waals surface area contributed by atoms with Gasteiger partial charge in [-0.1, -0.05) is 24.2 Å². The molecule has 2 rings (SSSR count). The van der Waals surface area contributed by atoms with Crippen molar-refractivity contribution in [2.24, 2.45) is 5.11 Å². The summed E-state index contributed by atoms with van der Waals surface area (Å²) >= 11 is 0. The van der Waals surface area contributed by atoms with Gasteiger partial charge in [-0.2, -0.15) is 4.31 Å². The van der Waals surface area contributed by atoms with Crippen molar-refractivity contribution in [1.82, 2.24) is 4.31 Å². The third-order valence-electron chi connectivity index (χ3n) is 3.61. The summed E-state index contributed by atoms with van der Waals surface area (Å²) in [6, 6.07) is 6.93. The highest BCUT2D eigenvalue weighted by Crippen LogP contribution is 2.22. The molecule has 0 bridgehead atoms. The molecule has 108 valence electrons. The molecule has 0 unspecified atom stereocenters. The fraction of sp³-hybridized carbons (Fsp3) is 0.538. The minimum absolute atomic E-state index is 0.0890. The number of azide groups is 1. The van der Waals surface area contributed by atoms with Gasteiger partial charge >= 0.3 is 0 Å². The molecule has 1 heterocycles. The Labute approximate surface area is 119 Å². The number of nitrogens with zero attached hydrogens (tertiary/aromatic N) is 4. The molecule has 0 spiro atoms. The minimum atomic E-state index is -3.43. The molecule has 1 fully saturated rings. The van der Waals surface area contributed by atoms with Crippen LogP contribution < -0.4 is 0 Å². The van der Waals surface area contributed by atoms with E-state index in [9.17, 15) is 8.42 Å². The molecule has 7 heteroatoms. The highest BCUT2D eigenvalue weighted by molar-refractivity contribution is 7.89. The Balaban J connectivity index is 2.12. The fourth-order valence-corrected chi connectivity index (χ4v) is 3.79. The molecule has 0 radical (unpaired) electrons. The van der Waals surface area contributed by atoms with Crippen LogP contribution in [0.2, 0.25) is 0 Å². The van der Waals surface area contributed by atoms with Gasteiger partial charge in [0.05, 0.1) is 4.90 Å². The quantitative estimate of drug-likeness (QED) is 0.485. The van der Waals surface area contributed by atoms with E-state index in [1.54, 1.807) is 12.1 Å². The van der Waals surface area contributed by atoms with Gasteiger partial charge in [-0.15, -0.1) is 0 Å². The number of hydrogen-bond acceptors (Lipinski definition) is 3. The summed E-state index contributed by atoms with van der Waals surface area (Å²) in [6.45, 7) is 2.84. The zero-order valence-corrected chi connectivity index (χ0v) is 12.3. The molecule has 1 aliphatic heterocycles. The van der Waals surface area contributed by atoms with E-state index in [1.165, 1.54) is 4.31 Å². The SMILES string of the molecule is CCc1ccc(S(=O)(=O)N2CCC(N=[N+]=[N-])CC2)cc1. The summed E-state index contributed by atoms with van der Waals surface area (Å²) in [6.07, 6.45) is 2.05. The molecule has 0 amide bonds. The van der Waals surface area contributed by atoms with Crippen molar-refractivity contribution in [3.63, 3.8) is 0 Å². The Bertz CT molecular complexity index is 598. The normalized spacial score (nSPS) is 17.6. The van der Waals surface area contributed by atoms with E-state index in [1.807, 2.05) is 19.1 Å². The molecular weight excluding hydrogens is 276 g/mol. The highest BCUT2D eigenvalue weighted by atomic mass is 32.2. The molecule has 0 N–H and O–H groups in total. The first-order valence-electron chi connectivity index (χ1n) is 6.71. The van der Waals surface area contributed by atoms with Crippen molar-refractivity contribution < 1.29 is 8.42 Å². The Hall–Kier alpha value is -1.56. The highest BCUT2D eigenvalue weighted by Gasteiger charge is 2.28. The molecule has 1 aromatic carbocycles. The standard InChI is InChI=1S/C13H18N4O2S/c1-2-11-3-5-13(6-4-11)20(18,19)17-9-7-12(8-10-17)15-16-14/h3-6,12H,2,7-10H2,1H3. The van der Waals surface area contributed by atoms with Gasteiger partial charge in [-0.05, 0) is 42.5 Å². The van der Waals surface area contributed by atoms with Crippen molar-refractivity contribution >= 4 is 10.0 Å². The Morgan fingerprint density at radius 1 is 1.30 bits per heavy atom. The maximum absolute atomic E-state index is 12.5. The van der Waals surface area contributed by atoms with Crippen molar-refractivity contribution in [1.29, 1.82) is 0 Å². The van der Waals surface area contributed by atoms with Crippen LogP contribution in [0.5, 0.6) is 0 Å². The summed E-state index contributed by atoms with van der Waals surface area (Å²) < 4.78 is 26.4. The van der Waals surface area contributed by atoms with E-state index in [0.717, 1.165) is 12.0 Å². The van der Waals surface area contributed by atoms with Crippen LogP contribution in [0.3, 0.4) is 0 Å². The second kappa shape index (κ2) is 6.26. The first kappa shape index (κ1) is 14.8. The molecule has 1 aromatic rings. The predicted molar refractivity (Wildman–Crippen MR) is 76.7 cm³/mol. The average molecular weight is 294 g/mol. The van der Waals surface area contributed by atoms with E-state index in [0.29, 0.717) is 30.8 Å². The van der Waals surface area contributed by atoms with E-state index in [-0.39, 0.29) is 6.04 Å². The van der Waals surface area contributed by atoms with Crippen molar-refractivity contribution in [3.05, 3.63) is 40.3 Å². The molecule has 0 atom stereocenters. The summed E-state index contributed by atoms with van der Waals surface area (Å²) in [5.41, 5.74) is 9.51. The Morgan fingerprint density at radius 2 is 1.90 bits per heavy atom. The first-order valence-corrected chi connectivity index (χ1v) is 8.15. The van der Waals surface area contributed by atoms with Crippen LogP contribution in [-0.4, -0.2) is 31.9 Å². The maximum atomic E-state index is 12.5. The zero-order valence-electron chi connectivity index (χ0n) is 11.4. The van der Waals surface area contributed by atoms with Gasteiger partial charge in [-0.25, -0.2) is 8.42 Å². The molecular formula is C13H18N4O2S. The topological polar surface area (TPSA) is 86.1 Å². The van der Waals surface area contributed by atoms with Gasteiger partial charge in [0.1, 0.15) is 0 Å². The van der Waals surface area contributed by atoms with E-state index in [4.69, 9.17) is 5.53 Å². The largest absolute Gasteiger partial charge is 0.243 e. The van der Waals surface area contributed by atoms with Crippen LogP contribution in [-0.2, 0) is 16.4 Å². The first-order chi connectivity index (χ1) is 9.57. The lowest BCUT2D eigenvalue weighted by Crippen LogP contribution is -2.39.